The Morgan fingerprint density at radius 1 is 1.57 bits per heavy atom. The van der Waals surface area contributed by atoms with E-state index in [2.05, 4.69) is 10.3 Å². The maximum absolute atomic E-state index is 12.2. The van der Waals surface area contributed by atoms with Gasteiger partial charge < -0.3 is 5.32 Å². The predicted molar refractivity (Wildman–Crippen MR) is 80.9 cm³/mol. The van der Waals surface area contributed by atoms with Crippen LogP contribution in [-0.4, -0.2) is 21.9 Å². The molecule has 110 valence electrons. The molecular weight excluding hydrogens is 314 g/mol. The highest BCUT2D eigenvalue weighted by molar-refractivity contribution is 7.07. The fraction of sp³-hybridized carbons (Fsp3) is 0.231. The molecule has 0 aromatic carbocycles. The molecule has 0 aliphatic rings. The van der Waals surface area contributed by atoms with E-state index in [0.29, 0.717) is 6.42 Å². The van der Waals surface area contributed by atoms with Crippen molar-refractivity contribution in [1.82, 2.24) is 10.3 Å². The summed E-state index contributed by atoms with van der Waals surface area (Å²) in [5.41, 5.74) is 0.548. The number of halogens is 1. The molecule has 2 rings (SSSR count). The van der Waals surface area contributed by atoms with Crippen LogP contribution in [0.5, 0.6) is 0 Å². The molecule has 2 aromatic heterocycles. The van der Waals surface area contributed by atoms with Crippen LogP contribution in [0.15, 0.2) is 29.1 Å². The first-order valence-electron chi connectivity index (χ1n) is 6.10. The van der Waals surface area contributed by atoms with Gasteiger partial charge in [-0.25, -0.2) is 4.98 Å². The molecule has 8 heteroatoms. The lowest BCUT2D eigenvalue weighted by molar-refractivity contribution is -0.385. The predicted octanol–water partition coefficient (Wildman–Crippen LogP) is 3.07. The lowest BCUT2D eigenvalue weighted by atomic mass is 10.1. The first kappa shape index (κ1) is 15.4. The van der Waals surface area contributed by atoms with Gasteiger partial charge in [0.25, 0.3) is 5.91 Å². The van der Waals surface area contributed by atoms with Crippen molar-refractivity contribution in [2.24, 2.45) is 0 Å². The number of nitrogens with one attached hydrogen (secondary N) is 1. The van der Waals surface area contributed by atoms with E-state index < -0.39 is 16.5 Å². The van der Waals surface area contributed by atoms with Crippen molar-refractivity contribution in [3.8, 4) is 0 Å². The second kappa shape index (κ2) is 6.64. The summed E-state index contributed by atoms with van der Waals surface area (Å²) in [6.07, 6.45) is 1.93. The second-order valence-corrected chi connectivity index (χ2v) is 5.60. The van der Waals surface area contributed by atoms with Crippen molar-refractivity contribution < 1.29 is 9.72 Å². The van der Waals surface area contributed by atoms with Crippen LogP contribution < -0.4 is 5.32 Å². The Labute approximate surface area is 129 Å². The summed E-state index contributed by atoms with van der Waals surface area (Å²) < 4.78 is 0. The van der Waals surface area contributed by atoms with Crippen LogP contribution in [-0.2, 0) is 6.42 Å². The average molecular weight is 326 g/mol. The van der Waals surface area contributed by atoms with Crippen LogP contribution in [0.1, 0.15) is 22.8 Å². The van der Waals surface area contributed by atoms with Gasteiger partial charge in [-0.2, -0.15) is 11.3 Å². The minimum Gasteiger partial charge on any atom is -0.349 e. The fourth-order valence-corrected chi connectivity index (χ4v) is 2.81. The van der Waals surface area contributed by atoms with Crippen LogP contribution in [0.2, 0.25) is 5.15 Å². The Morgan fingerprint density at radius 2 is 2.33 bits per heavy atom. The van der Waals surface area contributed by atoms with Crippen molar-refractivity contribution in [3.05, 3.63) is 55.5 Å². The minimum atomic E-state index is -0.701. The van der Waals surface area contributed by atoms with Gasteiger partial charge >= 0.3 is 5.69 Å². The molecule has 2 heterocycles. The van der Waals surface area contributed by atoms with Gasteiger partial charge in [-0.05, 0) is 41.8 Å². The van der Waals surface area contributed by atoms with Gasteiger partial charge in [-0.1, -0.05) is 11.6 Å². The van der Waals surface area contributed by atoms with Crippen LogP contribution in [0.4, 0.5) is 5.69 Å². The molecule has 0 saturated carbocycles. The summed E-state index contributed by atoms with van der Waals surface area (Å²) in [7, 11) is 0. The van der Waals surface area contributed by atoms with Gasteiger partial charge in [0.1, 0.15) is 5.56 Å². The fourth-order valence-electron chi connectivity index (χ4n) is 1.90. The molecule has 1 N–H and O–H groups in total. The van der Waals surface area contributed by atoms with E-state index in [1.165, 1.54) is 12.3 Å². The van der Waals surface area contributed by atoms with Crippen molar-refractivity contribution in [2.45, 2.75) is 19.4 Å². The molecule has 1 atom stereocenters. The number of hydrogen-bond acceptors (Lipinski definition) is 5. The van der Waals surface area contributed by atoms with Gasteiger partial charge in [-0.3, -0.25) is 14.9 Å². The zero-order valence-corrected chi connectivity index (χ0v) is 12.6. The zero-order chi connectivity index (χ0) is 15.4. The molecule has 1 amide bonds. The van der Waals surface area contributed by atoms with E-state index >= 15 is 0 Å². The highest BCUT2D eigenvalue weighted by atomic mass is 35.5. The van der Waals surface area contributed by atoms with Gasteiger partial charge in [-0.15, -0.1) is 0 Å². The Balaban J connectivity index is 2.13. The Bertz CT molecular complexity index is 661. The normalized spacial score (nSPS) is 11.9. The highest BCUT2D eigenvalue weighted by Crippen LogP contribution is 2.25. The topological polar surface area (TPSA) is 85.1 Å². The smallest absolute Gasteiger partial charge is 0.319 e. The summed E-state index contributed by atoms with van der Waals surface area (Å²) in [6, 6.07) is 3.11. The number of rotatable bonds is 5. The number of pyridine rings is 1. The second-order valence-electron chi connectivity index (χ2n) is 4.47. The lowest BCUT2D eigenvalue weighted by Gasteiger charge is -2.13. The van der Waals surface area contributed by atoms with Crippen molar-refractivity contribution in [1.29, 1.82) is 0 Å². The first-order chi connectivity index (χ1) is 9.99. The number of carbonyl (C=O) groups excluding carboxylic acids is 1. The number of carbonyl (C=O) groups is 1. The molecular formula is C13H12ClN3O3S. The summed E-state index contributed by atoms with van der Waals surface area (Å²) in [5.74, 6) is -0.534. The van der Waals surface area contributed by atoms with Gasteiger partial charge in [0.05, 0.1) is 4.92 Å². The average Bonchev–Trinajstić information content (AvgIpc) is 2.90. The van der Waals surface area contributed by atoms with Crippen molar-refractivity contribution in [3.63, 3.8) is 0 Å². The van der Waals surface area contributed by atoms with E-state index in [1.54, 1.807) is 11.3 Å². The third kappa shape index (κ3) is 3.77. The first-order valence-corrected chi connectivity index (χ1v) is 7.42. The van der Waals surface area contributed by atoms with Crippen molar-refractivity contribution >= 4 is 34.5 Å². The monoisotopic (exact) mass is 325 g/mol. The Kier molecular flexibility index (Phi) is 4.87. The summed E-state index contributed by atoms with van der Waals surface area (Å²) in [4.78, 5) is 26.1. The third-order valence-electron chi connectivity index (χ3n) is 2.81. The quantitative estimate of drug-likeness (QED) is 0.520. The molecule has 6 nitrogen and oxygen atoms in total. The van der Waals surface area contributed by atoms with E-state index in [9.17, 15) is 14.9 Å². The Hall–Kier alpha value is -1.99. The highest BCUT2D eigenvalue weighted by Gasteiger charge is 2.25. The minimum absolute atomic E-state index is 0.0860. The SMILES string of the molecule is CC(Cc1ccsc1)NC(=O)c1ccnc(Cl)c1[N+](=O)[O-]. The van der Waals surface area contributed by atoms with E-state index in [1.807, 2.05) is 23.8 Å². The standard InChI is InChI=1S/C13H12ClN3O3S/c1-8(6-9-3-5-21-7-9)16-13(18)10-2-4-15-12(14)11(10)17(19)20/h2-5,7-8H,6H2,1H3,(H,16,18). The molecule has 0 radical (unpaired) electrons. The molecule has 0 aliphatic heterocycles. The molecule has 0 aliphatic carbocycles. The summed E-state index contributed by atoms with van der Waals surface area (Å²) >= 11 is 7.27. The maximum Gasteiger partial charge on any atom is 0.319 e. The molecule has 21 heavy (non-hydrogen) atoms. The maximum atomic E-state index is 12.2. The third-order valence-corrected chi connectivity index (χ3v) is 3.81. The number of aromatic nitrogens is 1. The van der Waals surface area contributed by atoms with Gasteiger partial charge in [0.15, 0.2) is 0 Å². The molecule has 2 aromatic rings. The summed E-state index contributed by atoms with van der Waals surface area (Å²) in [6.45, 7) is 1.84. The largest absolute Gasteiger partial charge is 0.349 e. The van der Waals surface area contributed by atoms with Gasteiger partial charge in [0, 0.05) is 12.2 Å². The molecule has 1 unspecified atom stereocenters. The van der Waals surface area contributed by atoms with Crippen LogP contribution in [0.3, 0.4) is 0 Å². The van der Waals surface area contributed by atoms with Crippen molar-refractivity contribution in [2.75, 3.05) is 0 Å². The number of amides is 1. The van der Waals surface area contributed by atoms with E-state index in [4.69, 9.17) is 11.6 Å². The van der Waals surface area contributed by atoms with Crippen LogP contribution in [0, 0.1) is 10.1 Å². The summed E-state index contributed by atoms with van der Waals surface area (Å²) in [5, 5.41) is 17.4. The number of nitrogens with zero attached hydrogens (tertiary/aromatic N) is 2. The lowest BCUT2D eigenvalue weighted by Crippen LogP contribution is -2.34. The number of hydrogen-bond donors (Lipinski definition) is 1. The molecule has 0 spiro atoms. The molecule has 0 saturated heterocycles. The van der Waals surface area contributed by atoms with E-state index in [0.717, 1.165) is 5.56 Å². The van der Waals surface area contributed by atoms with E-state index in [-0.39, 0.29) is 16.8 Å². The van der Waals surface area contributed by atoms with Gasteiger partial charge in [0.2, 0.25) is 5.15 Å². The Morgan fingerprint density at radius 3 is 2.95 bits per heavy atom. The molecule has 0 fully saturated rings. The molecule has 0 bridgehead atoms. The zero-order valence-electron chi connectivity index (χ0n) is 11.1. The van der Waals surface area contributed by atoms with Crippen LogP contribution in [0.25, 0.3) is 0 Å². The number of nitro groups is 1. The van der Waals surface area contributed by atoms with Crippen LogP contribution >= 0.6 is 22.9 Å². The number of thiophene rings is 1.